The molecule has 0 spiro atoms. The van der Waals surface area contributed by atoms with Crippen molar-refractivity contribution in [3.8, 4) is 6.07 Å². The number of ether oxygens (including phenoxy) is 1. The van der Waals surface area contributed by atoms with Crippen molar-refractivity contribution in [3.63, 3.8) is 0 Å². The molecule has 6 heteroatoms. The molecule has 2 N–H and O–H groups in total. The molecule has 0 bridgehead atoms. The molecule has 0 saturated carbocycles. The number of hydrogen-bond acceptors (Lipinski definition) is 5. The van der Waals surface area contributed by atoms with E-state index in [1.807, 2.05) is 6.07 Å². The van der Waals surface area contributed by atoms with Crippen LogP contribution >= 0.6 is 11.6 Å². The van der Waals surface area contributed by atoms with E-state index in [1.54, 1.807) is 48.5 Å². The summed E-state index contributed by atoms with van der Waals surface area (Å²) in [6.07, 6.45) is 0. The van der Waals surface area contributed by atoms with E-state index in [1.165, 1.54) is 0 Å². The maximum absolute atomic E-state index is 13.2. The first-order chi connectivity index (χ1) is 12.5. The molecule has 1 aliphatic heterocycles. The van der Waals surface area contributed by atoms with Crippen molar-refractivity contribution in [1.29, 1.82) is 5.26 Å². The van der Waals surface area contributed by atoms with Gasteiger partial charge in [-0.05, 0) is 11.6 Å². The first-order valence-electron chi connectivity index (χ1n) is 7.79. The highest BCUT2D eigenvalue weighted by atomic mass is 35.5. The van der Waals surface area contributed by atoms with Crippen LogP contribution in [0.15, 0.2) is 71.3 Å². The number of allylic oxidation sites excluding steroid dienone is 3. The van der Waals surface area contributed by atoms with Crippen LogP contribution in [0.5, 0.6) is 0 Å². The standard InChI is InChI=1S/C20H11ClN2O3/c21-14-8-4-3-7-12(14)15-13(9-22)20(23)26-19-16(15)17(24)10-5-1-2-6-11(10)18(19)25/h1-8,15H,23H2/t15-/m1/s1. The van der Waals surface area contributed by atoms with E-state index in [-0.39, 0.29) is 39.7 Å². The highest BCUT2D eigenvalue weighted by Gasteiger charge is 2.44. The van der Waals surface area contributed by atoms with Crippen molar-refractivity contribution >= 4 is 23.2 Å². The summed E-state index contributed by atoms with van der Waals surface area (Å²) in [6, 6.07) is 15.3. The van der Waals surface area contributed by atoms with Crippen LogP contribution in [0.1, 0.15) is 32.2 Å². The van der Waals surface area contributed by atoms with Crippen molar-refractivity contribution < 1.29 is 14.3 Å². The summed E-state index contributed by atoms with van der Waals surface area (Å²) in [7, 11) is 0. The van der Waals surface area contributed by atoms with Crippen LogP contribution in [0.2, 0.25) is 5.02 Å². The van der Waals surface area contributed by atoms with Gasteiger partial charge in [-0.25, -0.2) is 0 Å². The summed E-state index contributed by atoms with van der Waals surface area (Å²) in [5.74, 6) is -2.01. The van der Waals surface area contributed by atoms with Crippen LogP contribution < -0.4 is 5.73 Å². The Morgan fingerprint density at radius 2 is 1.62 bits per heavy atom. The van der Waals surface area contributed by atoms with Crippen molar-refractivity contribution in [2.24, 2.45) is 5.73 Å². The van der Waals surface area contributed by atoms with E-state index in [9.17, 15) is 14.9 Å². The van der Waals surface area contributed by atoms with Crippen molar-refractivity contribution in [1.82, 2.24) is 0 Å². The van der Waals surface area contributed by atoms with Crippen LogP contribution in [0.25, 0.3) is 0 Å². The van der Waals surface area contributed by atoms with E-state index < -0.39 is 11.7 Å². The van der Waals surface area contributed by atoms with Crippen LogP contribution in [0, 0.1) is 11.3 Å². The van der Waals surface area contributed by atoms with Gasteiger partial charge >= 0.3 is 0 Å². The normalized spacial score (nSPS) is 18.8. The minimum atomic E-state index is -0.859. The van der Waals surface area contributed by atoms with Crippen LogP contribution in [0.4, 0.5) is 0 Å². The largest absolute Gasteiger partial charge is 0.436 e. The van der Waals surface area contributed by atoms with Crippen molar-refractivity contribution in [2.75, 3.05) is 0 Å². The fourth-order valence-electron chi connectivity index (χ4n) is 3.33. The third-order valence-electron chi connectivity index (χ3n) is 4.50. The highest BCUT2D eigenvalue weighted by Crippen LogP contribution is 2.45. The quantitative estimate of drug-likeness (QED) is 0.838. The van der Waals surface area contributed by atoms with Gasteiger partial charge in [0.25, 0.3) is 0 Å². The lowest BCUT2D eigenvalue weighted by Gasteiger charge is -2.31. The van der Waals surface area contributed by atoms with E-state index in [0.29, 0.717) is 10.6 Å². The zero-order valence-electron chi connectivity index (χ0n) is 13.3. The van der Waals surface area contributed by atoms with E-state index in [0.717, 1.165) is 0 Å². The van der Waals surface area contributed by atoms with E-state index >= 15 is 0 Å². The second-order valence-corrected chi connectivity index (χ2v) is 6.30. The zero-order valence-corrected chi connectivity index (χ0v) is 14.1. The number of carbonyl (C=O) groups is 2. The molecule has 0 saturated heterocycles. The number of benzene rings is 2. The molecule has 1 atom stereocenters. The third kappa shape index (κ3) is 2.17. The number of carbonyl (C=O) groups excluding carboxylic acids is 2. The number of nitriles is 1. The van der Waals surface area contributed by atoms with Gasteiger partial charge in [-0.3, -0.25) is 9.59 Å². The second-order valence-electron chi connectivity index (χ2n) is 5.89. The SMILES string of the molecule is N#CC1=C(N)OC2=C(C(=O)c3ccccc3C2=O)[C@@H]1c1ccccc1Cl. The number of Topliss-reactive ketones (excluding diaryl/α,β-unsaturated/α-hetero) is 2. The molecule has 0 amide bonds. The van der Waals surface area contributed by atoms with Gasteiger partial charge in [0.15, 0.2) is 11.5 Å². The topological polar surface area (TPSA) is 93.2 Å². The smallest absolute Gasteiger partial charge is 0.229 e. The lowest BCUT2D eigenvalue weighted by Crippen LogP contribution is -2.32. The first-order valence-corrected chi connectivity index (χ1v) is 8.17. The fraction of sp³-hybridized carbons (Fsp3) is 0.0500. The molecular formula is C20H11ClN2O3. The molecule has 126 valence electrons. The minimum Gasteiger partial charge on any atom is -0.436 e. The van der Waals surface area contributed by atoms with Crippen molar-refractivity contribution in [3.05, 3.63) is 93.0 Å². The Hall–Kier alpha value is -3.36. The molecule has 1 aliphatic carbocycles. The molecule has 1 heterocycles. The molecule has 0 unspecified atom stereocenters. The average Bonchev–Trinajstić information content (AvgIpc) is 2.65. The number of halogens is 1. The van der Waals surface area contributed by atoms with Crippen molar-refractivity contribution in [2.45, 2.75) is 5.92 Å². The lowest BCUT2D eigenvalue weighted by molar-refractivity contribution is 0.0897. The summed E-state index contributed by atoms with van der Waals surface area (Å²) in [6.45, 7) is 0. The maximum atomic E-state index is 13.2. The summed E-state index contributed by atoms with van der Waals surface area (Å²) in [5.41, 5.74) is 7.08. The molecular weight excluding hydrogens is 352 g/mol. The molecule has 0 fully saturated rings. The summed E-state index contributed by atoms with van der Waals surface area (Å²) in [4.78, 5) is 26.0. The summed E-state index contributed by atoms with van der Waals surface area (Å²) < 4.78 is 5.43. The van der Waals surface area contributed by atoms with Gasteiger partial charge in [-0.2, -0.15) is 5.26 Å². The molecule has 2 aromatic rings. The first kappa shape index (κ1) is 16.1. The number of nitrogens with two attached hydrogens (primary N) is 1. The third-order valence-corrected chi connectivity index (χ3v) is 4.85. The fourth-order valence-corrected chi connectivity index (χ4v) is 3.57. The van der Waals surface area contributed by atoms with Gasteiger partial charge in [0, 0.05) is 16.1 Å². The van der Waals surface area contributed by atoms with Gasteiger partial charge in [0.05, 0.1) is 11.5 Å². The molecule has 2 aromatic carbocycles. The Balaban J connectivity index is 2.01. The molecule has 26 heavy (non-hydrogen) atoms. The molecule has 0 radical (unpaired) electrons. The number of nitrogens with zero attached hydrogens (tertiary/aromatic N) is 1. The Labute approximate surface area is 153 Å². The number of rotatable bonds is 1. The molecule has 5 nitrogen and oxygen atoms in total. The van der Waals surface area contributed by atoms with Gasteiger partial charge in [-0.1, -0.05) is 54.1 Å². The monoisotopic (exact) mass is 362 g/mol. The summed E-state index contributed by atoms with van der Waals surface area (Å²) >= 11 is 6.31. The molecule has 0 aromatic heterocycles. The van der Waals surface area contributed by atoms with E-state index in [4.69, 9.17) is 22.1 Å². The number of hydrogen-bond donors (Lipinski definition) is 1. The van der Waals surface area contributed by atoms with Gasteiger partial charge in [0.2, 0.25) is 11.7 Å². The van der Waals surface area contributed by atoms with Crippen LogP contribution in [0.3, 0.4) is 0 Å². The molecule has 2 aliphatic rings. The second kappa shape index (κ2) is 5.87. The Morgan fingerprint density at radius 1 is 1.00 bits per heavy atom. The lowest BCUT2D eigenvalue weighted by atomic mass is 9.75. The number of ketones is 2. The Morgan fingerprint density at radius 3 is 2.27 bits per heavy atom. The summed E-state index contributed by atoms with van der Waals surface area (Å²) in [5, 5.41) is 9.96. The maximum Gasteiger partial charge on any atom is 0.229 e. The predicted octanol–water partition coefficient (Wildman–Crippen LogP) is 3.48. The molecule has 4 rings (SSSR count). The predicted molar refractivity (Wildman–Crippen MR) is 94.2 cm³/mol. The van der Waals surface area contributed by atoms with Crippen LogP contribution in [-0.4, -0.2) is 11.6 Å². The number of fused-ring (bicyclic) bond motifs is 1. The van der Waals surface area contributed by atoms with Crippen LogP contribution in [-0.2, 0) is 4.74 Å². The Bertz CT molecular complexity index is 1090. The van der Waals surface area contributed by atoms with Gasteiger partial charge in [-0.15, -0.1) is 0 Å². The Kier molecular flexibility index (Phi) is 3.64. The van der Waals surface area contributed by atoms with Gasteiger partial charge < -0.3 is 10.5 Å². The van der Waals surface area contributed by atoms with Gasteiger partial charge in [0.1, 0.15) is 11.6 Å². The zero-order chi connectivity index (χ0) is 18.4. The minimum absolute atomic E-state index is 0.0531. The highest BCUT2D eigenvalue weighted by molar-refractivity contribution is 6.32. The average molecular weight is 363 g/mol. The van der Waals surface area contributed by atoms with E-state index in [2.05, 4.69) is 0 Å².